The molecule has 1 aliphatic rings. The average molecular weight is 214 g/mol. The van der Waals surface area contributed by atoms with E-state index in [0.717, 1.165) is 6.42 Å². The minimum atomic E-state index is -0.906. The highest BCUT2D eigenvalue weighted by Crippen LogP contribution is 2.50. The third kappa shape index (κ3) is 2.17. The first-order chi connectivity index (χ1) is 6.73. The second-order valence-corrected chi connectivity index (χ2v) is 5.68. The van der Waals surface area contributed by atoms with Gasteiger partial charge in [-0.1, -0.05) is 20.8 Å². The molecule has 1 aliphatic carbocycles. The quantitative estimate of drug-likeness (QED) is 0.715. The maximum absolute atomic E-state index is 11.5. The summed E-state index contributed by atoms with van der Waals surface area (Å²) in [5.74, 6) is -0.622. The Bertz CT molecular complexity index is 260. The predicted molar refractivity (Wildman–Crippen MR) is 58.3 cm³/mol. The van der Waals surface area contributed by atoms with Crippen LogP contribution in [0.15, 0.2) is 0 Å². The van der Waals surface area contributed by atoms with Crippen molar-refractivity contribution in [3.63, 3.8) is 0 Å². The van der Waals surface area contributed by atoms with Gasteiger partial charge in [-0.05, 0) is 31.1 Å². The summed E-state index contributed by atoms with van der Waals surface area (Å²) in [4.78, 5) is 11.5. The van der Waals surface area contributed by atoms with Crippen LogP contribution in [0.2, 0.25) is 0 Å². The summed E-state index contributed by atoms with van der Waals surface area (Å²) in [5.41, 5.74) is -0.799. The van der Waals surface area contributed by atoms with Gasteiger partial charge in [-0.15, -0.1) is 0 Å². The number of esters is 1. The fraction of sp³-hybridized carbons (Fsp3) is 0.917. The number of aliphatic hydroxyl groups is 1. The number of carbonyl (C=O) groups is 1. The van der Waals surface area contributed by atoms with Crippen LogP contribution in [-0.4, -0.2) is 23.8 Å². The summed E-state index contributed by atoms with van der Waals surface area (Å²) in [6.45, 7) is 8.02. The SMILES string of the molecule is COC(=O)C(C)C1(O)CC(C)(C)CC1C. The second-order valence-electron chi connectivity index (χ2n) is 5.68. The molecule has 3 nitrogen and oxygen atoms in total. The molecule has 88 valence electrons. The van der Waals surface area contributed by atoms with Crippen LogP contribution in [0.3, 0.4) is 0 Å². The van der Waals surface area contributed by atoms with E-state index in [0.29, 0.717) is 6.42 Å². The van der Waals surface area contributed by atoms with Crippen molar-refractivity contribution in [3.8, 4) is 0 Å². The summed E-state index contributed by atoms with van der Waals surface area (Å²) < 4.78 is 4.71. The fourth-order valence-electron chi connectivity index (χ4n) is 2.98. The molecule has 1 rings (SSSR count). The van der Waals surface area contributed by atoms with Gasteiger partial charge in [-0.2, -0.15) is 0 Å². The third-order valence-corrected chi connectivity index (χ3v) is 3.78. The van der Waals surface area contributed by atoms with Gasteiger partial charge in [0.1, 0.15) is 0 Å². The van der Waals surface area contributed by atoms with E-state index in [-0.39, 0.29) is 17.3 Å². The van der Waals surface area contributed by atoms with Crippen molar-refractivity contribution in [1.29, 1.82) is 0 Å². The molecule has 0 aromatic heterocycles. The highest BCUT2D eigenvalue weighted by Gasteiger charge is 2.52. The predicted octanol–water partition coefficient (Wildman–Crippen LogP) is 1.98. The second kappa shape index (κ2) is 3.78. The molecule has 1 saturated carbocycles. The Hall–Kier alpha value is -0.570. The molecule has 1 fully saturated rings. The Morgan fingerprint density at radius 2 is 2.07 bits per heavy atom. The Labute approximate surface area is 91.8 Å². The lowest BCUT2D eigenvalue weighted by Gasteiger charge is -2.33. The van der Waals surface area contributed by atoms with Crippen molar-refractivity contribution in [3.05, 3.63) is 0 Å². The number of methoxy groups -OCH3 is 1. The first kappa shape index (κ1) is 12.5. The molecule has 0 radical (unpaired) electrons. The molecule has 0 amide bonds. The number of hydrogen-bond donors (Lipinski definition) is 1. The molecule has 0 aromatic carbocycles. The first-order valence-corrected chi connectivity index (χ1v) is 5.53. The molecule has 0 saturated heterocycles. The van der Waals surface area contributed by atoms with Crippen LogP contribution in [0.1, 0.15) is 40.5 Å². The zero-order chi connectivity index (χ0) is 11.9. The maximum Gasteiger partial charge on any atom is 0.311 e. The molecule has 3 unspecified atom stereocenters. The van der Waals surface area contributed by atoms with Gasteiger partial charge in [0.05, 0.1) is 18.6 Å². The highest BCUT2D eigenvalue weighted by atomic mass is 16.5. The van der Waals surface area contributed by atoms with Crippen molar-refractivity contribution in [2.75, 3.05) is 7.11 Å². The van der Waals surface area contributed by atoms with Crippen LogP contribution in [0, 0.1) is 17.3 Å². The topological polar surface area (TPSA) is 46.5 Å². The van der Waals surface area contributed by atoms with E-state index >= 15 is 0 Å². The van der Waals surface area contributed by atoms with Gasteiger partial charge >= 0.3 is 5.97 Å². The van der Waals surface area contributed by atoms with Crippen molar-refractivity contribution in [2.24, 2.45) is 17.3 Å². The molecular weight excluding hydrogens is 192 g/mol. The van der Waals surface area contributed by atoms with Crippen LogP contribution in [0.25, 0.3) is 0 Å². The van der Waals surface area contributed by atoms with E-state index < -0.39 is 11.5 Å². The number of hydrogen-bond acceptors (Lipinski definition) is 3. The van der Waals surface area contributed by atoms with Gasteiger partial charge < -0.3 is 9.84 Å². The average Bonchev–Trinajstić information content (AvgIpc) is 2.34. The molecule has 0 spiro atoms. The van der Waals surface area contributed by atoms with E-state index in [9.17, 15) is 9.90 Å². The first-order valence-electron chi connectivity index (χ1n) is 5.53. The Balaban J connectivity index is 2.88. The van der Waals surface area contributed by atoms with Crippen molar-refractivity contribution in [2.45, 2.75) is 46.1 Å². The van der Waals surface area contributed by atoms with Crippen LogP contribution < -0.4 is 0 Å². The lowest BCUT2D eigenvalue weighted by molar-refractivity contribution is -0.157. The van der Waals surface area contributed by atoms with Gasteiger partial charge in [0.15, 0.2) is 0 Å². The Morgan fingerprint density at radius 3 is 2.40 bits per heavy atom. The van der Waals surface area contributed by atoms with Crippen LogP contribution in [0.4, 0.5) is 0 Å². The molecule has 3 heteroatoms. The lowest BCUT2D eigenvalue weighted by Crippen LogP contribution is -2.43. The van der Waals surface area contributed by atoms with E-state index in [2.05, 4.69) is 13.8 Å². The molecule has 3 atom stereocenters. The van der Waals surface area contributed by atoms with Gasteiger partial charge in [-0.3, -0.25) is 4.79 Å². The Kier molecular flexibility index (Phi) is 3.15. The maximum atomic E-state index is 11.5. The van der Waals surface area contributed by atoms with E-state index in [1.54, 1.807) is 6.92 Å². The third-order valence-electron chi connectivity index (χ3n) is 3.78. The molecular formula is C12H22O3. The van der Waals surface area contributed by atoms with Crippen LogP contribution in [-0.2, 0) is 9.53 Å². The number of carbonyl (C=O) groups excluding carboxylic acids is 1. The molecule has 0 aliphatic heterocycles. The normalized spacial score (nSPS) is 36.3. The highest BCUT2D eigenvalue weighted by molar-refractivity contribution is 5.73. The molecule has 1 N–H and O–H groups in total. The van der Waals surface area contributed by atoms with Crippen LogP contribution in [0.5, 0.6) is 0 Å². The van der Waals surface area contributed by atoms with E-state index in [1.807, 2.05) is 6.92 Å². The molecule has 0 aromatic rings. The Morgan fingerprint density at radius 1 is 1.53 bits per heavy atom. The van der Waals surface area contributed by atoms with E-state index in [1.165, 1.54) is 7.11 Å². The fourth-order valence-corrected chi connectivity index (χ4v) is 2.98. The van der Waals surface area contributed by atoms with Crippen molar-refractivity contribution < 1.29 is 14.6 Å². The minimum Gasteiger partial charge on any atom is -0.469 e. The number of rotatable bonds is 2. The molecule has 15 heavy (non-hydrogen) atoms. The minimum absolute atomic E-state index is 0.108. The van der Waals surface area contributed by atoms with Crippen LogP contribution >= 0.6 is 0 Å². The van der Waals surface area contributed by atoms with Gasteiger partial charge in [0.25, 0.3) is 0 Å². The van der Waals surface area contributed by atoms with Crippen molar-refractivity contribution in [1.82, 2.24) is 0 Å². The lowest BCUT2D eigenvalue weighted by atomic mass is 9.80. The summed E-state index contributed by atoms with van der Waals surface area (Å²) >= 11 is 0. The summed E-state index contributed by atoms with van der Waals surface area (Å²) in [6.07, 6.45) is 1.61. The zero-order valence-electron chi connectivity index (χ0n) is 10.3. The van der Waals surface area contributed by atoms with Gasteiger partial charge in [-0.25, -0.2) is 0 Å². The standard InChI is InChI=1S/C12H22O3/c1-8-6-11(3,4)7-12(8,14)9(2)10(13)15-5/h8-9,14H,6-7H2,1-5H3. The summed E-state index contributed by atoms with van der Waals surface area (Å²) in [5, 5.41) is 10.6. The molecule has 0 heterocycles. The monoisotopic (exact) mass is 214 g/mol. The smallest absolute Gasteiger partial charge is 0.311 e. The van der Waals surface area contributed by atoms with Gasteiger partial charge in [0.2, 0.25) is 0 Å². The summed E-state index contributed by atoms with van der Waals surface area (Å²) in [6, 6.07) is 0. The zero-order valence-corrected chi connectivity index (χ0v) is 10.3. The largest absolute Gasteiger partial charge is 0.469 e. The molecule has 0 bridgehead atoms. The number of ether oxygens (including phenoxy) is 1. The van der Waals surface area contributed by atoms with E-state index in [4.69, 9.17) is 4.74 Å². The van der Waals surface area contributed by atoms with Crippen molar-refractivity contribution >= 4 is 5.97 Å². The summed E-state index contributed by atoms with van der Waals surface area (Å²) in [7, 11) is 1.37. The van der Waals surface area contributed by atoms with Gasteiger partial charge in [0, 0.05) is 0 Å².